The Kier molecular flexibility index (Phi) is 5.45. The average molecular weight is 289 g/mol. The van der Waals surface area contributed by atoms with Gasteiger partial charge in [-0.1, -0.05) is 38.1 Å². The van der Waals surface area contributed by atoms with E-state index < -0.39 is 5.82 Å². The summed E-state index contributed by atoms with van der Waals surface area (Å²) < 4.78 is 27.5. The zero-order chi connectivity index (χ0) is 15.2. The van der Waals surface area contributed by atoms with Crippen molar-refractivity contribution in [2.75, 3.05) is 6.54 Å². The number of hydrogen-bond donors (Lipinski definition) is 1. The van der Waals surface area contributed by atoms with Gasteiger partial charge < -0.3 is 5.32 Å². The lowest BCUT2D eigenvalue weighted by atomic mass is 9.96. The van der Waals surface area contributed by atoms with Crippen LogP contribution in [0, 0.1) is 11.6 Å². The maximum atomic E-state index is 14.1. The van der Waals surface area contributed by atoms with Gasteiger partial charge in [0.1, 0.15) is 11.6 Å². The van der Waals surface area contributed by atoms with E-state index in [1.165, 1.54) is 17.7 Å². The highest BCUT2D eigenvalue weighted by molar-refractivity contribution is 5.34. The van der Waals surface area contributed by atoms with Crippen molar-refractivity contribution in [2.24, 2.45) is 0 Å². The van der Waals surface area contributed by atoms with Gasteiger partial charge in [0.05, 0.1) is 6.04 Å². The Labute approximate surface area is 125 Å². The highest BCUT2D eigenvalue weighted by atomic mass is 19.1. The minimum atomic E-state index is -0.417. The molecule has 0 aromatic heterocycles. The summed E-state index contributed by atoms with van der Waals surface area (Å²) in [7, 11) is 0. The van der Waals surface area contributed by atoms with Crippen molar-refractivity contribution in [3.63, 3.8) is 0 Å². The first-order valence-electron chi connectivity index (χ1n) is 7.42. The van der Waals surface area contributed by atoms with Crippen LogP contribution in [-0.4, -0.2) is 6.54 Å². The molecule has 1 nitrogen and oxygen atoms in total. The van der Waals surface area contributed by atoms with Crippen LogP contribution in [0.2, 0.25) is 0 Å². The largest absolute Gasteiger partial charge is 0.306 e. The smallest absolute Gasteiger partial charge is 0.128 e. The molecule has 0 heterocycles. The fourth-order valence-electron chi connectivity index (χ4n) is 2.38. The molecule has 0 radical (unpaired) electrons. The van der Waals surface area contributed by atoms with Gasteiger partial charge in [0.25, 0.3) is 0 Å². The Hall–Kier alpha value is -1.74. The van der Waals surface area contributed by atoms with Crippen molar-refractivity contribution in [1.29, 1.82) is 0 Å². The average Bonchev–Trinajstić information content (AvgIpc) is 2.51. The first kappa shape index (κ1) is 15.6. The molecule has 21 heavy (non-hydrogen) atoms. The van der Waals surface area contributed by atoms with Crippen LogP contribution in [0.3, 0.4) is 0 Å². The van der Waals surface area contributed by atoms with Crippen molar-refractivity contribution in [3.05, 3.63) is 70.8 Å². The predicted molar refractivity (Wildman–Crippen MR) is 82.3 cm³/mol. The van der Waals surface area contributed by atoms with Crippen molar-refractivity contribution in [2.45, 2.75) is 32.7 Å². The van der Waals surface area contributed by atoms with Crippen molar-refractivity contribution in [3.8, 4) is 0 Å². The molecule has 2 aromatic carbocycles. The third-order valence-electron chi connectivity index (χ3n) is 3.59. The van der Waals surface area contributed by atoms with Gasteiger partial charge in [-0.3, -0.25) is 0 Å². The molecule has 0 spiro atoms. The van der Waals surface area contributed by atoms with Gasteiger partial charge in [-0.25, -0.2) is 8.78 Å². The van der Waals surface area contributed by atoms with Gasteiger partial charge in [0.2, 0.25) is 0 Å². The summed E-state index contributed by atoms with van der Waals surface area (Å²) >= 11 is 0. The van der Waals surface area contributed by atoms with Gasteiger partial charge >= 0.3 is 0 Å². The van der Waals surface area contributed by atoms with E-state index >= 15 is 0 Å². The van der Waals surface area contributed by atoms with E-state index in [4.69, 9.17) is 0 Å². The third-order valence-corrected chi connectivity index (χ3v) is 3.59. The molecule has 0 aliphatic heterocycles. The van der Waals surface area contributed by atoms with Crippen LogP contribution in [0.15, 0.2) is 42.5 Å². The van der Waals surface area contributed by atoms with E-state index in [-0.39, 0.29) is 11.9 Å². The van der Waals surface area contributed by atoms with E-state index in [2.05, 4.69) is 12.2 Å². The fourth-order valence-corrected chi connectivity index (χ4v) is 2.38. The Morgan fingerprint density at radius 1 is 1.00 bits per heavy atom. The summed E-state index contributed by atoms with van der Waals surface area (Å²) in [6.07, 6.45) is 1.89. The molecule has 0 saturated heterocycles. The van der Waals surface area contributed by atoms with Crippen LogP contribution >= 0.6 is 0 Å². The van der Waals surface area contributed by atoms with Crippen LogP contribution in [0.25, 0.3) is 0 Å². The molecular formula is C18H21F2N. The summed E-state index contributed by atoms with van der Waals surface area (Å²) in [5.74, 6) is -0.801. The third kappa shape index (κ3) is 3.88. The minimum absolute atomic E-state index is 0.327. The van der Waals surface area contributed by atoms with Crippen LogP contribution in [0.5, 0.6) is 0 Å². The lowest BCUT2D eigenvalue weighted by Crippen LogP contribution is -2.24. The summed E-state index contributed by atoms with van der Waals surface area (Å²) in [6, 6.07) is 11.3. The summed E-state index contributed by atoms with van der Waals surface area (Å²) in [5, 5.41) is 3.30. The van der Waals surface area contributed by atoms with Crippen molar-refractivity contribution in [1.82, 2.24) is 5.32 Å². The molecule has 1 unspecified atom stereocenters. The van der Waals surface area contributed by atoms with Gasteiger partial charge in [-0.05, 0) is 48.7 Å². The van der Waals surface area contributed by atoms with E-state index in [0.29, 0.717) is 5.56 Å². The quantitative estimate of drug-likeness (QED) is 0.818. The summed E-state index contributed by atoms with van der Waals surface area (Å²) in [5.41, 5.74) is 2.53. The Bertz CT molecular complexity index is 578. The lowest BCUT2D eigenvalue weighted by molar-refractivity contribution is 0.535. The number of hydrogen-bond acceptors (Lipinski definition) is 1. The van der Waals surface area contributed by atoms with Crippen LogP contribution in [0.4, 0.5) is 8.78 Å². The zero-order valence-corrected chi connectivity index (χ0v) is 12.5. The summed E-state index contributed by atoms with van der Waals surface area (Å²) in [4.78, 5) is 0. The molecular weight excluding hydrogens is 268 g/mol. The fraction of sp³-hybridized carbons (Fsp3) is 0.333. The normalized spacial score (nSPS) is 12.4. The molecule has 0 aliphatic rings. The van der Waals surface area contributed by atoms with E-state index in [1.807, 2.05) is 31.2 Å². The van der Waals surface area contributed by atoms with Crippen molar-refractivity contribution < 1.29 is 8.78 Å². The molecule has 0 saturated carbocycles. The molecule has 0 bridgehead atoms. The molecule has 0 fully saturated rings. The first-order valence-corrected chi connectivity index (χ1v) is 7.42. The van der Waals surface area contributed by atoms with E-state index in [9.17, 15) is 8.78 Å². The zero-order valence-electron chi connectivity index (χ0n) is 12.5. The highest BCUT2D eigenvalue weighted by Crippen LogP contribution is 2.25. The summed E-state index contributed by atoms with van der Waals surface area (Å²) in [6.45, 7) is 4.89. The maximum Gasteiger partial charge on any atom is 0.128 e. The Morgan fingerprint density at radius 3 is 2.33 bits per heavy atom. The molecule has 3 heteroatoms. The predicted octanol–water partition coefficient (Wildman–Crippen LogP) is 4.62. The van der Waals surface area contributed by atoms with E-state index in [0.717, 1.165) is 31.0 Å². The van der Waals surface area contributed by atoms with Crippen LogP contribution in [0.1, 0.15) is 43.0 Å². The Balaban J connectivity index is 2.38. The molecule has 0 amide bonds. The van der Waals surface area contributed by atoms with Gasteiger partial charge in [-0.2, -0.15) is 0 Å². The number of aryl methyl sites for hydroxylation is 1. The van der Waals surface area contributed by atoms with Crippen LogP contribution in [-0.2, 0) is 6.42 Å². The highest BCUT2D eigenvalue weighted by Gasteiger charge is 2.18. The van der Waals surface area contributed by atoms with Gasteiger partial charge in [0, 0.05) is 5.56 Å². The first-order chi connectivity index (χ1) is 10.2. The number of nitrogens with one attached hydrogen (secondary N) is 1. The van der Waals surface area contributed by atoms with Gasteiger partial charge in [0.15, 0.2) is 0 Å². The number of rotatable bonds is 6. The molecule has 2 aromatic rings. The standard InChI is InChI=1S/C18H21F2N/c1-3-11-21-18(14-7-5-13(4-2)6-8-14)16-12-15(19)9-10-17(16)20/h5-10,12,18,21H,3-4,11H2,1-2H3. The SMILES string of the molecule is CCCNC(c1ccc(CC)cc1)c1cc(F)ccc1F. The Morgan fingerprint density at radius 2 is 1.71 bits per heavy atom. The second-order valence-electron chi connectivity index (χ2n) is 5.15. The van der Waals surface area contributed by atoms with Gasteiger partial charge in [-0.15, -0.1) is 0 Å². The number of halogens is 2. The monoisotopic (exact) mass is 289 g/mol. The molecule has 112 valence electrons. The second-order valence-corrected chi connectivity index (χ2v) is 5.15. The molecule has 1 N–H and O–H groups in total. The molecule has 1 atom stereocenters. The second kappa shape index (κ2) is 7.32. The molecule has 0 aliphatic carbocycles. The number of benzene rings is 2. The maximum absolute atomic E-state index is 14.1. The molecule has 2 rings (SSSR count). The van der Waals surface area contributed by atoms with Crippen molar-refractivity contribution >= 4 is 0 Å². The minimum Gasteiger partial charge on any atom is -0.306 e. The van der Waals surface area contributed by atoms with Crippen LogP contribution < -0.4 is 5.32 Å². The lowest BCUT2D eigenvalue weighted by Gasteiger charge is -2.20. The van der Waals surface area contributed by atoms with E-state index in [1.54, 1.807) is 0 Å². The topological polar surface area (TPSA) is 12.0 Å².